The summed E-state index contributed by atoms with van der Waals surface area (Å²) in [5.41, 5.74) is 0. The second kappa shape index (κ2) is 4.44. The molecule has 0 aliphatic rings. The van der Waals surface area contributed by atoms with Crippen molar-refractivity contribution in [1.29, 1.82) is 0 Å². The van der Waals surface area contributed by atoms with E-state index in [1.54, 1.807) is 4.68 Å². The van der Waals surface area contributed by atoms with Crippen molar-refractivity contribution in [2.75, 3.05) is 5.84 Å². The van der Waals surface area contributed by atoms with Gasteiger partial charge in [-0.15, -0.1) is 10.2 Å². The Kier molecular flexibility index (Phi) is 3.49. The van der Waals surface area contributed by atoms with E-state index in [0.29, 0.717) is 11.8 Å². The minimum Gasteiger partial charge on any atom is -0.336 e. The van der Waals surface area contributed by atoms with Crippen LogP contribution in [-0.4, -0.2) is 14.9 Å². The van der Waals surface area contributed by atoms with Crippen molar-refractivity contribution in [2.45, 2.75) is 40.5 Å². The van der Waals surface area contributed by atoms with Crippen LogP contribution in [0.1, 0.15) is 39.3 Å². The van der Waals surface area contributed by atoms with Crippen LogP contribution in [0, 0.1) is 11.8 Å². The van der Waals surface area contributed by atoms with Crippen LogP contribution in [0.15, 0.2) is 0 Å². The normalized spacial score (nSPS) is 11.6. The first kappa shape index (κ1) is 11.0. The number of nitrogen functional groups attached to an aromatic ring is 1. The van der Waals surface area contributed by atoms with E-state index in [2.05, 4.69) is 37.9 Å². The van der Waals surface area contributed by atoms with Gasteiger partial charge in [-0.25, -0.2) is 4.68 Å². The number of nitrogens with zero attached hydrogens (tertiary/aromatic N) is 3. The van der Waals surface area contributed by atoms with E-state index in [9.17, 15) is 0 Å². The molecule has 4 heteroatoms. The van der Waals surface area contributed by atoms with E-state index in [4.69, 9.17) is 5.84 Å². The molecule has 1 rings (SSSR count). The van der Waals surface area contributed by atoms with Gasteiger partial charge in [0.05, 0.1) is 0 Å². The molecule has 0 spiro atoms. The molecule has 0 atom stereocenters. The standard InChI is InChI=1S/C10H20N4/c1-7(2)5-9-12-13-10(14(9)11)6-8(3)4/h7-8H,5-6,11H2,1-4H3. The zero-order valence-electron chi connectivity index (χ0n) is 9.49. The van der Waals surface area contributed by atoms with Crippen LogP contribution >= 0.6 is 0 Å². The molecule has 2 N–H and O–H groups in total. The van der Waals surface area contributed by atoms with Crippen LogP contribution in [0.4, 0.5) is 0 Å². The van der Waals surface area contributed by atoms with Crippen LogP contribution in [0.2, 0.25) is 0 Å². The molecule has 14 heavy (non-hydrogen) atoms. The van der Waals surface area contributed by atoms with Crippen LogP contribution < -0.4 is 5.84 Å². The second-order valence-corrected chi connectivity index (χ2v) is 4.60. The molecule has 0 aromatic carbocycles. The van der Waals surface area contributed by atoms with Gasteiger partial charge in [0.2, 0.25) is 0 Å². The predicted molar refractivity (Wildman–Crippen MR) is 57.3 cm³/mol. The topological polar surface area (TPSA) is 56.7 Å². The quantitative estimate of drug-likeness (QED) is 0.740. The minimum atomic E-state index is 0.563. The molecule has 1 aromatic heterocycles. The maximum Gasteiger partial charge on any atom is 0.152 e. The molecular weight excluding hydrogens is 176 g/mol. The summed E-state index contributed by atoms with van der Waals surface area (Å²) in [5, 5.41) is 8.19. The lowest BCUT2D eigenvalue weighted by Crippen LogP contribution is -2.18. The third kappa shape index (κ3) is 2.72. The van der Waals surface area contributed by atoms with Gasteiger partial charge >= 0.3 is 0 Å². The average molecular weight is 196 g/mol. The highest BCUT2D eigenvalue weighted by Crippen LogP contribution is 2.08. The van der Waals surface area contributed by atoms with Gasteiger partial charge in [-0.1, -0.05) is 27.7 Å². The van der Waals surface area contributed by atoms with Crippen LogP contribution in [0.3, 0.4) is 0 Å². The van der Waals surface area contributed by atoms with E-state index < -0.39 is 0 Å². The van der Waals surface area contributed by atoms with Crippen molar-refractivity contribution < 1.29 is 0 Å². The van der Waals surface area contributed by atoms with Gasteiger partial charge in [0, 0.05) is 12.8 Å². The number of nitrogens with two attached hydrogens (primary N) is 1. The fraction of sp³-hybridized carbons (Fsp3) is 0.800. The Balaban J connectivity index is 2.75. The molecule has 80 valence electrons. The third-order valence-electron chi connectivity index (χ3n) is 2.02. The van der Waals surface area contributed by atoms with Gasteiger partial charge in [0.25, 0.3) is 0 Å². The summed E-state index contributed by atoms with van der Waals surface area (Å²) in [5.74, 6) is 8.79. The van der Waals surface area contributed by atoms with Crippen LogP contribution in [0.25, 0.3) is 0 Å². The SMILES string of the molecule is CC(C)Cc1nnc(CC(C)C)n1N. The van der Waals surface area contributed by atoms with Crippen molar-refractivity contribution in [3.63, 3.8) is 0 Å². The molecule has 0 amide bonds. The van der Waals surface area contributed by atoms with Crippen molar-refractivity contribution in [3.05, 3.63) is 11.6 Å². The first-order valence-electron chi connectivity index (χ1n) is 5.19. The zero-order chi connectivity index (χ0) is 10.7. The van der Waals surface area contributed by atoms with Gasteiger partial charge < -0.3 is 5.84 Å². The summed E-state index contributed by atoms with van der Waals surface area (Å²) >= 11 is 0. The van der Waals surface area contributed by atoms with Gasteiger partial charge in [-0.3, -0.25) is 0 Å². The molecule has 0 fully saturated rings. The maximum atomic E-state index is 5.89. The molecule has 0 radical (unpaired) electrons. The van der Waals surface area contributed by atoms with E-state index in [-0.39, 0.29) is 0 Å². The second-order valence-electron chi connectivity index (χ2n) is 4.60. The monoisotopic (exact) mass is 196 g/mol. The lowest BCUT2D eigenvalue weighted by molar-refractivity contribution is 0.586. The summed E-state index contributed by atoms with van der Waals surface area (Å²) in [6, 6.07) is 0. The molecule has 0 saturated heterocycles. The van der Waals surface area contributed by atoms with Gasteiger partial charge in [0.15, 0.2) is 11.6 Å². The number of hydrogen-bond donors (Lipinski definition) is 1. The third-order valence-corrected chi connectivity index (χ3v) is 2.02. The highest BCUT2D eigenvalue weighted by Gasteiger charge is 2.11. The molecular formula is C10H20N4. The Labute approximate surface area is 85.5 Å². The molecule has 0 aliphatic heterocycles. The van der Waals surface area contributed by atoms with Crippen molar-refractivity contribution in [3.8, 4) is 0 Å². The van der Waals surface area contributed by atoms with E-state index >= 15 is 0 Å². The summed E-state index contributed by atoms with van der Waals surface area (Å²) < 4.78 is 1.64. The van der Waals surface area contributed by atoms with Gasteiger partial charge in [-0.05, 0) is 11.8 Å². The molecule has 0 unspecified atom stereocenters. The summed E-state index contributed by atoms with van der Waals surface area (Å²) in [6.07, 6.45) is 1.78. The van der Waals surface area contributed by atoms with Crippen molar-refractivity contribution in [1.82, 2.24) is 14.9 Å². The Morgan fingerprint density at radius 3 is 1.64 bits per heavy atom. The summed E-state index contributed by atoms with van der Waals surface area (Å²) in [4.78, 5) is 0. The first-order chi connectivity index (χ1) is 6.50. The van der Waals surface area contributed by atoms with Crippen molar-refractivity contribution >= 4 is 0 Å². The smallest absolute Gasteiger partial charge is 0.152 e. The summed E-state index contributed by atoms with van der Waals surface area (Å²) in [6.45, 7) is 8.60. The largest absolute Gasteiger partial charge is 0.336 e. The van der Waals surface area contributed by atoms with Gasteiger partial charge in [-0.2, -0.15) is 0 Å². The highest BCUT2D eigenvalue weighted by atomic mass is 15.4. The van der Waals surface area contributed by atoms with Gasteiger partial charge in [0.1, 0.15) is 0 Å². The minimum absolute atomic E-state index is 0.563. The molecule has 1 heterocycles. The number of rotatable bonds is 4. The van der Waals surface area contributed by atoms with Crippen molar-refractivity contribution in [2.24, 2.45) is 11.8 Å². The molecule has 0 bridgehead atoms. The Bertz CT molecular complexity index is 261. The first-order valence-corrected chi connectivity index (χ1v) is 5.19. The average Bonchev–Trinajstić information content (AvgIpc) is 2.34. The maximum absolute atomic E-state index is 5.89. The molecule has 0 aliphatic carbocycles. The predicted octanol–water partition coefficient (Wildman–Crippen LogP) is 1.39. The Morgan fingerprint density at radius 1 is 1.00 bits per heavy atom. The van der Waals surface area contributed by atoms with Crippen LogP contribution in [-0.2, 0) is 12.8 Å². The zero-order valence-corrected chi connectivity index (χ0v) is 9.49. The number of aromatic nitrogens is 3. The number of hydrogen-bond acceptors (Lipinski definition) is 3. The highest BCUT2D eigenvalue weighted by molar-refractivity contribution is 4.97. The Hall–Kier alpha value is -1.06. The van der Waals surface area contributed by atoms with E-state index in [1.165, 1.54) is 0 Å². The lowest BCUT2D eigenvalue weighted by atomic mass is 10.1. The molecule has 1 aromatic rings. The van der Waals surface area contributed by atoms with Crippen LogP contribution in [0.5, 0.6) is 0 Å². The van der Waals surface area contributed by atoms with E-state index in [0.717, 1.165) is 24.5 Å². The fourth-order valence-electron chi connectivity index (χ4n) is 1.37. The molecule has 0 saturated carbocycles. The fourth-order valence-corrected chi connectivity index (χ4v) is 1.37. The lowest BCUT2D eigenvalue weighted by Gasteiger charge is -2.06. The Morgan fingerprint density at radius 2 is 1.36 bits per heavy atom. The summed E-state index contributed by atoms with van der Waals surface area (Å²) in [7, 11) is 0. The van der Waals surface area contributed by atoms with E-state index in [1.807, 2.05) is 0 Å². The molecule has 4 nitrogen and oxygen atoms in total.